The number of benzene rings is 1. The molecule has 1 aromatic carbocycles. The highest BCUT2D eigenvalue weighted by atomic mass is 79.9. The van der Waals surface area contributed by atoms with Crippen molar-refractivity contribution in [3.8, 4) is 6.07 Å². The van der Waals surface area contributed by atoms with Crippen molar-refractivity contribution in [2.75, 3.05) is 24.5 Å². The SMILES string of the molecule is CCCNC(C)c1cc(Br)ccc1N(CC)CCC#N. The van der Waals surface area contributed by atoms with E-state index in [2.05, 4.69) is 71.2 Å². The molecule has 20 heavy (non-hydrogen) atoms. The van der Waals surface area contributed by atoms with Gasteiger partial charge >= 0.3 is 0 Å². The second-order valence-corrected chi connectivity index (χ2v) is 5.78. The summed E-state index contributed by atoms with van der Waals surface area (Å²) in [5.74, 6) is 0. The Balaban J connectivity index is 3.01. The van der Waals surface area contributed by atoms with Crippen LogP contribution < -0.4 is 10.2 Å². The fourth-order valence-corrected chi connectivity index (χ4v) is 2.64. The van der Waals surface area contributed by atoms with Gasteiger partial charge in [0.05, 0.1) is 12.5 Å². The van der Waals surface area contributed by atoms with E-state index in [0.29, 0.717) is 12.5 Å². The zero-order chi connectivity index (χ0) is 15.0. The first kappa shape index (κ1) is 17.0. The second-order valence-electron chi connectivity index (χ2n) is 4.87. The van der Waals surface area contributed by atoms with Gasteiger partial charge in [0.2, 0.25) is 0 Å². The van der Waals surface area contributed by atoms with E-state index >= 15 is 0 Å². The molecule has 0 saturated carbocycles. The van der Waals surface area contributed by atoms with Gasteiger partial charge in [0.15, 0.2) is 0 Å². The topological polar surface area (TPSA) is 39.1 Å². The summed E-state index contributed by atoms with van der Waals surface area (Å²) >= 11 is 3.56. The Kier molecular flexibility index (Phi) is 7.64. The molecule has 0 spiro atoms. The molecule has 0 aliphatic carbocycles. The summed E-state index contributed by atoms with van der Waals surface area (Å²) in [6.07, 6.45) is 1.68. The summed E-state index contributed by atoms with van der Waals surface area (Å²) in [4.78, 5) is 2.27. The maximum atomic E-state index is 8.80. The average molecular weight is 338 g/mol. The molecule has 0 saturated heterocycles. The monoisotopic (exact) mass is 337 g/mol. The maximum absolute atomic E-state index is 8.80. The number of halogens is 1. The Bertz CT molecular complexity index is 454. The Morgan fingerprint density at radius 1 is 1.40 bits per heavy atom. The standard InChI is InChI=1S/C16H24BrN3/c1-4-10-19-13(3)15-12-14(17)7-8-16(15)20(5-2)11-6-9-18/h7-8,12-13,19H,4-6,10-11H2,1-3H3. The van der Waals surface area contributed by atoms with Gasteiger partial charge in [0, 0.05) is 29.3 Å². The number of nitrogens with zero attached hydrogens (tertiary/aromatic N) is 2. The lowest BCUT2D eigenvalue weighted by Crippen LogP contribution is -2.27. The summed E-state index contributed by atoms with van der Waals surface area (Å²) in [7, 11) is 0. The number of hydrogen-bond acceptors (Lipinski definition) is 3. The summed E-state index contributed by atoms with van der Waals surface area (Å²) < 4.78 is 1.10. The van der Waals surface area contributed by atoms with Crippen LogP contribution in [0.5, 0.6) is 0 Å². The fraction of sp³-hybridized carbons (Fsp3) is 0.562. The lowest BCUT2D eigenvalue weighted by atomic mass is 10.0. The molecule has 0 bridgehead atoms. The van der Waals surface area contributed by atoms with Gasteiger partial charge < -0.3 is 10.2 Å². The first-order chi connectivity index (χ1) is 9.63. The van der Waals surface area contributed by atoms with Gasteiger partial charge in [-0.05, 0) is 50.6 Å². The molecule has 1 aromatic rings. The predicted octanol–water partition coefficient (Wildman–Crippen LogP) is 4.25. The van der Waals surface area contributed by atoms with E-state index < -0.39 is 0 Å². The summed E-state index contributed by atoms with van der Waals surface area (Å²) in [5.41, 5.74) is 2.51. The molecular weight excluding hydrogens is 314 g/mol. The van der Waals surface area contributed by atoms with Gasteiger partial charge in [-0.1, -0.05) is 22.9 Å². The van der Waals surface area contributed by atoms with Gasteiger partial charge in [-0.2, -0.15) is 5.26 Å². The molecule has 1 atom stereocenters. The van der Waals surface area contributed by atoms with Crippen LogP contribution in [0, 0.1) is 11.3 Å². The average Bonchev–Trinajstić information content (AvgIpc) is 2.46. The lowest BCUT2D eigenvalue weighted by Gasteiger charge is -2.27. The van der Waals surface area contributed by atoms with Crippen LogP contribution >= 0.6 is 15.9 Å². The van der Waals surface area contributed by atoms with E-state index in [4.69, 9.17) is 5.26 Å². The quantitative estimate of drug-likeness (QED) is 0.770. The molecule has 110 valence electrons. The minimum atomic E-state index is 0.304. The first-order valence-electron chi connectivity index (χ1n) is 7.28. The van der Waals surface area contributed by atoms with Gasteiger partial charge in [-0.25, -0.2) is 0 Å². The Labute approximate surface area is 131 Å². The third-order valence-electron chi connectivity index (χ3n) is 3.37. The highest BCUT2D eigenvalue weighted by Gasteiger charge is 2.15. The van der Waals surface area contributed by atoms with E-state index in [-0.39, 0.29) is 0 Å². The van der Waals surface area contributed by atoms with Crippen molar-refractivity contribution in [3.63, 3.8) is 0 Å². The van der Waals surface area contributed by atoms with Crippen molar-refractivity contribution in [1.29, 1.82) is 5.26 Å². The number of hydrogen-bond donors (Lipinski definition) is 1. The molecule has 1 N–H and O–H groups in total. The first-order valence-corrected chi connectivity index (χ1v) is 8.08. The van der Waals surface area contributed by atoms with Crippen molar-refractivity contribution in [1.82, 2.24) is 5.32 Å². The number of nitrogens with one attached hydrogen (secondary N) is 1. The minimum Gasteiger partial charge on any atom is -0.371 e. The Hall–Kier alpha value is -1.05. The van der Waals surface area contributed by atoms with Crippen LogP contribution in [0.4, 0.5) is 5.69 Å². The number of rotatable bonds is 8. The molecule has 0 aromatic heterocycles. The highest BCUT2D eigenvalue weighted by Crippen LogP contribution is 2.29. The highest BCUT2D eigenvalue weighted by molar-refractivity contribution is 9.10. The molecular formula is C16H24BrN3. The van der Waals surface area contributed by atoms with Crippen molar-refractivity contribution in [3.05, 3.63) is 28.2 Å². The van der Waals surface area contributed by atoms with Gasteiger partial charge in [-0.3, -0.25) is 0 Å². The molecule has 1 rings (SSSR count). The lowest BCUT2D eigenvalue weighted by molar-refractivity contribution is 0.569. The van der Waals surface area contributed by atoms with Crippen molar-refractivity contribution < 1.29 is 0 Å². The summed E-state index contributed by atoms with van der Waals surface area (Å²) in [6, 6.07) is 8.93. The van der Waals surface area contributed by atoms with Gasteiger partial charge in [0.1, 0.15) is 0 Å². The molecule has 4 heteroatoms. The van der Waals surface area contributed by atoms with Crippen LogP contribution in [0.2, 0.25) is 0 Å². The van der Waals surface area contributed by atoms with Gasteiger partial charge in [-0.15, -0.1) is 0 Å². The van der Waals surface area contributed by atoms with Crippen LogP contribution in [-0.2, 0) is 0 Å². The number of anilines is 1. The third kappa shape index (κ3) is 4.81. The number of nitriles is 1. The molecule has 0 fully saturated rings. The largest absolute Gasteiger partial charge is 0.371 e. The molecule has 3 nitrogen and oxygen atoms in total. The van der Waals surface area contributed by atoms with E-state index in [9.17, 15) is 0 Å². The van der Waals surface area contributed by atoms with Crippen molar-refractivity contribution in [2.45, 2.75) is 39.7 Å². The molecule has 0 aliphatic rings. The van der Waals surface area contributed by atoms with Crippen LogP contribution in [0.15, 0.2) is 22.7 Å². The van der Waals surface area contributed by atoms with Crippen LogP contribution in [0.1, 0.15) is 45.2 Å². The van der Waals surface area contributed by atoms with E-state index in [0.717, 1.165) is 30.5 Å². The zero-order valence-corrected chi connectivity index (χ0v) is 14.2. The van der Waals surface area contributed by atoms with Crippen LogP contribution in [0.25, 0.3) is 0 Å². The molecule has 0 amide bonds. The normalized spacial score (nSPS) is 11.9. The van der Waals surface area contributed by atoms with Crippen LogP contribution in [0.3, 0.4) is 0 Å². The Morgan fingerprint density at radius 2 is 2.15 bits per heavy atom. The minimum absolute atomic E-state index is 0.304. The molecule has 1 unspecified atom stereocenters. The summed E-state index contributed by atoms with van der Waals surface area (Å²) in [6.45, 7) is 9.20. The molecule has 0 radical (unpaired) electrons. The van der Waals surface area contributed by atoms with Crippen molar-refractivity contribution >= 4 is 21.6 Å². The Morgan fingerprint density at radius 3 is 2.75 bits per heavy atom. The maximum Gasteiger partial charge on any atom is 0.0640 e. The van der Waals surface area contributed by atoms with E-state index in [1.807, 2.05) is 0 Å². The fourth-order valence-electron chi connectivity index (χ4n) is 2.26. The van der Waals surface area contributed by atoms with Gasteiger partial charge in [0.25, 0.3) is 0 Å². The molecule has 0 heterocycles. The van der Waals surface area contributed by atoms with Crippen LogP contribution in [-0.4, -0.2) is 19.6 Å². The van der Waals surface area contributed by atoms with E-state index in [1.165, 1.54) is 11.3 Å². The second kappa shape index (κ2) is 8.99. The summed E-state index contributed by atoms with van der Waals surface area (Å²) in [5, 5.41) is 12.3. The predicted molar refractivity (Wildman–Crippen MR) is 89.0 cm³/mol. The zero-order valence-electron chi connectivity index (χ0n) is 12.6. The smallest absolute Gasteiger partial charge is 0.0640 e. The molecule has 0 aliphatic heterocycles. The van der Waals surface area contributed by atoms with E-state index in [1.54, 1.807) is 0 Å². The third-order valence-corrected chi connectivity index (χ3v) is 3.87. The van der Waals surface area contributed by atoms with Crippen molar-refractivity contribution in [2.24, 2.45) is 0 Å².